The zero-order valence-corrected chi connectivity index (χ0v) is 7.38. The van der Waals surface area contributed by atoms with Crippen molar-refractivity contribution in [2.24, 2.45) is 17.8 Å². The van der Waals surface area contributed by atoms with Crippen molar-refractivity contribution in [1.29, 1.82) is 0 Å². The van der Waals surface area contributed by atoms with Gasteiger partial charge in [-0.3, -0.25) is 4.79 Å². The second-order valence-corrected chi connectivity index (χ2v) is 3.69. The molecular formula is C10H10O4. The Morgan fingerprint density at radius 3 is 2.64 bits per heavy atom. The maximum Gasteiger partial charge on any atom is 0.328 e. The third kappa shape index (κ3) is 1.23. The summed E-state index contributed by atoms with van der Waals surface area (Å²) in [5, 5.41) is 17.6. The van der Waals surface area contributed by atoms with Crippen molar-refractivity contribution in [2.45, 2.75) is 6.42 Å². The van der Waals surface area contributed by atoms with E-state index >= 15 is 0 Å². The van der Waals surface area contributed by atoms with Crippen molar-refractivity contribution in [1.82, 2.24) is 0 Å². The number of rotatable bonds is 2. The first-order chi connectivity index (χ1) is 6.59. The summed E-state index contributed by atoms with van der Waals surface area (Å²) < 4.78 is 0. The molecule has 0 spiro atoms. The highest BCUT2D eigenvalue weighted by Gasteiger charge is 2.44. The molecule has 2 aliphatic carbocycles. The molecule has 2 aliphatic rings. The van der Waals surface area contributed by atoms with Crippen molar-refractivity contribution in [3.05, 3.63) is 23.8 Å². The van der Waals surface area contributed by atoms with Crippen molar-refractivity contribution in [3.8, 4) is 0 Å². The Kier molecular flexibility index (Phi) is 1.91. The van der Waals surface area contributed by atoms with Crippen LogP contribution in [0.3, 0.4) is 0 Å². The summed E-state index contributed by atoms with van der Waals surface area (Å²) in [5.74, 6) is -2.59. The molecule has 2 rings (SSSR count). The Hall–Kier alpha value is -1.58. The topological polar surface area (TPSA) is 74.6 Å². The van der Waals surface area contributed by atoms with Crippen molar-refractivity contribution < 1.29 is 19.8 Å². The second-order valence-electron chi connectivity index (χ2n) is 3.69. The van der Waals surface area contributed by atoms with Crippen LogP contribution >= 0.6 is 0 Å². The predicted octanol–water partition coefficient (Wildman–Crippen LogP) is 0.904. The molecule has 0 unspecified atom stereocenters. The molecule has 0 aromatic heterocycles. The fourth-order valence-corrected chi connectivity index (χ4v) is 2.36. The number of carboxylic acid groups (broad SMARTS) is 2. The number of fused-ring (bicyclic) bond motifs is 2. The smallest absolute Gasteiger partial charge is 0.328 e. The van der Waals surface area contributed by atoms with Gasteiger partial charge in [0.05, 0.1) is 5.92 Å². The number of carbonyl (C=O) groups is 2. The van der Waals surface area contributed by atoms with Crippen molar-refractivity contribution in [2.75, 3.05) is 0 Å². The molecule has 4 heteroatoms. The zero-order valence-electron chi connectivity index (χ0n) is 7.38. The SMILES string of the molecule is O=C(O)/C=C1/[C@@H]2C=C[C@@H](C2)[C@H]1C(=O)O. The molecule has 74 valence electrons. The Balaban J connectivity index is 2.36. The minimum absolute atomic E-state index is 0.0110. The van der Waals surface area contributed by atoms with Crippen LogP contribution in [0.25, 0.3) is 0 Å². The van der Waals surface area contributed by atoms with E-state index in [1.54, 1.807) is 0 Å². The molecule has 0 heterocycles. The van der Waals surface area contributed by atoms with Crippen LogP contribution in [0.5, 0.6) is 0 Å². The second kappa shape index (κ2) is 2.97. The van der Waals surface area contributed by atoms with Gasteiger partial charge in [0.25, 0.3) is 0 Å². The van der Waals surface area contributed by atoms with Gasteiger partial charge < -0.3 is 10.2 Å². The molecule has 0 amide bonds. The first-order valence-electron chi connectivity index (χ1n) is 4.45. The van der Waals surface area contributed by atoms with E-state index in [4.69, 9.17) is 10.2 Å². The van der Waals surface area contributed by atoms with E-state index in [1.807, 2.05) is 12.2 Å². The number of aliphatic carboxylic acids is 2. The van der Waals surface area contributed by atoms with Crippen LogP contribution in [-0.2, 0) is 9.59 Å². The molecular weight excluding hydrogens is 184 g/mol. The van der Waals surface area contributed by atoms with Crippen LogP contribution in [-0.4, -0.2) is 22.2 Å². The van der Waals surface area contributed by atoms with E-state index in [1.165, 1.54) is 0 Å². The van der Waals surface area contributed by atoms with Gasteiger partial charge in [-0.05, 0) is 23.8 Å². The van der Waals surface area contributed by atoms with Gasteiger partial charge in [-0.15, -0.1) is 0 Å². The lowest BCUT2D eigenvalue weighted by Crippen LogP contribution is -2.21. The lowest BCUT2D eigenvalue weighted by atomic mass is 9.88. The number of allylic oxidation sites excluding steroid dienone is 2. The Morgan fingerprint density at radius 2 is 2.07 bits per heavy atom. The molecule has 0 aromatic carbocycles. The number of hydrogen-bond donors (Lipinski definition) is 2. The Labute approximate surface area is 80.5 Å². The maximum absolute atomic E-state index is 10.9. The van der Waals surface area contributed by atoms with Crippen molar-refractivity contribution in [3.63, 3.8) is 0 Å². The standard InChI is InChI=1S/C10H10O4/c11-8(12)4-7-5-1-2-6(3-5)9(7)10(13)14/h1-2,4-6,9H,3H2,(H,11,12)(H,13,14)/b7-4-/t5-,6+,9-/m1/s1. The van der Waals surface area contributed by atoms with Crippen LogP contribution in [0.2, 0.25) is 0 Å². The molecule has 3 atom stereocenters. The Morgan fingerprint density at radius 1 is 1.36 bits per heavy atom. The van der Waals surface area contributed by atoms with Crippen LogP contribution in [0, 0.1) is 17.8 Å². The molecule has 0 saturated heterocycles. The average Bonchev–Trinajstić information content (AvgIpc) is 2.61. The summed E-state index contributed by atoms with van der Waals surface area (Å²) in [6.07, 6.45) is 5.57. The molecule has 14 heavy (non-hydrogen) atoms. The van der Waals surface area contributed by atoms with Gasteiger partial charge in [-0.2, -0.15) is 0 Å². The minimum Gasteiger partial charge on any atom is -0.481 e. The quantitative estimate of drug-likeness (QED) is 0.506. The van der Waals surface area contributed by atoms with Gasteiger partial charge in [0, 0.05) is 6.08 Å². The van der Waals surface area contributed by atoms with Gasteiger partial charge in [0.15, 0.2) is 0 Å². The molecule has 1 saturated carbocycles. The molecule has 2 bridgehead atoms. The first-order valence-corrected chi connectivity index (χ1v) is 4.45. The van der Waals surface area contributed by atoms with Gasteiger partial charge in [-0.25, -0.2) is 4.79 Å². The van der Waals surface area contributed by atoms with E-state index in [2.05, 4.69) is 0 Å². The summed E-state index contributed by atoms with van der Waals surface area (Å²) in [7, 11) is 0. The van der Waals surface area contributed by atoms with Crippen LogP contribution in [0.15, 0.2) is 23.8 Å². The maximum atomic E-state index is 10.9. The van der Waals surface area contributed by atoms with Gasteiger partial charge in [0.2, 0.25) is 0 Å². The highest BCUT2D eigenvalue weighted by atomic mass is 16.4. The highest BCUT2D eigenvalue weighted by Crippen LogP contribution is 2.47. The average molecular weight is 194 g/mol. The lowest BCUT2D eigenvalue weighted by molar-refractivity contribution is -0.141. The van der Waals surface area contributed by atoms with E-state index in [9.17, 15) is 9.59 Å². The molecule has 0 aliphatic heterocycles. The Bertz CT molecular complexity index is 353. The van der Waals surface area contributed by atoms with Gasteiger partial charge >= 0.3 is 11.9 Å². The normalized spacial score (nSPS) is 36.6. The van der Waals surface area contributed by atoms with E-state index in [0.717, 1.165) is 12.5 Å². The number of hydrogen-bond acceptors (Lipinski definition) is 2. The van der Waals surface area contributed by atoms with Crippen LogP contribution in [0.4, 0.5) is 0 Å². The highest BCUT2D eigenvalue weighted by molar-refractivity contribution is 5.85. The molecule has 4 nitrogen and oxygen atoms in total. The lowest BCUT2D eigenvalue weighted by Gasteiger charge is -2.16. The summed E-state index contributed by atoms with van der Waals surface area (Å²) >= 11 is 0. The van der Waals surface area contributed by atoms with E-state index in [0.29, 0.717) is 5.57 Å². The monoisotopic (exact) mass is 194 g/mol. The summed E-state index contributed by atoms with van der Waals surface area (Å²) in [6.45, 7) is 0. The predicted molar refractivity (Wildman–Crippen MR) is 47.6 cm³/mol. The molecule has 1 fully saturated rings. The zero-order chi connectivity index (χ0) is 10.3. The van der Waals surface area contributed by atoms with Gasteiger partial charge in [-0.1, -0.05) is 12.2 Å². The van der Waals surface area contributed by atoms with Crippen molar-refractivity contribution >= 4 is 11.9 Å². The summed E-state index contributed by atoms with van der Waals surface area (Å²) in [5.41, 5.74) is 0.539. The van der Waals surface area contributed by atoms with Crippen LogP contribution in [0.1, 0.15) is 6.42 Å². The van der Waals surface area contributed by atoms with Crippen LogP contribution < -0.4 is 0 Å². The van der Waals surface area contributed by atoms with E-state index in [-0.39, 0.29) is 11.8 Å². The molecule has 0 aromatic rings. The first kappa shape index (κ1) is 8.99. The third-order valence-electron chi connectivity index (χ3n) is 2.89. The molecule has 0 radical (unpaired) electrons. The number of carboxylic acids is 2. The molecule has 2 N–H and O–H groups in total. The summed E-state index contributed by atoms with van der Waals surface area (Å²) in [4.78, 5) is 21.4. The third-order valence-corrected chi connectivity index (χ3v) is 2.89. The largest absolute Gasteiger partial charge is 0.481 e. The summed E-state index contributed by atoms with van der Waals surface area (Å²) in [6, 6.07) is 0. The van der Waals surface area contributed by atoms with E-state index < -0.39 is 17.9 Å². The minimum atomic E-state index is -1.06. The fourth-order valence-electron chi connectivity index (χ4n) is 2.36. The fraction of sp³-hybridized carbons (Fsp3) is 0.400. The van der Waals surface area contributed by atoms with Gasteiger partial charge in [0.1, 0.15) is 0 Å².